The van der Waals surface area contributed by atoms with Gasteiger partial charge in [0, 0.05) is 19.8 Å². The number of amides is 1. The fourth-order valence-electron chi connectivity index (χ4n) is 2.06. The van der Waals surface area contributed by atoms with Gasteiger partial charge >= 0.3 is 0 Å². The van der Waals surface area contributed by atoms with E-state index in [1.165, 1.54) is 4.90 Å². The third kappa shape index (κ3) is 8.52. The van der Waals surface area contributed by atoms with Crippen molar-refractivity contribution in [3.05, 3.63) is 29.8 Å². The van der Waals surface area contributed by atoms with Crippen molar-refractivity contribution >= 4 is 28.2 Å². The Balaban J connectivity index is 0.00000529. The van der Waals surface area contributed by atoms with Gasteiger partial charge in [0.2, 0.25) is 5.91 Å². The summed E-state index contributed by atoms with van der Waals surface area (Å²) in [6.45, 7) is 2.99. The number of hydrogen-bond donors (Lipinski definition) is 1. The average Bonchev–Trinajstić information content (AvgIpc) is 2.49. The highest BCUT2D eigenvalue weighted by atomic mass is 35.5. The third-order valence-corrected chi connectivity index (χ3v) is 4.46. The van der Waals surface area contributed by atoms with Gasteiger partial charge in [-0.05, 0) is 31.4 Å². The van der Waals surface area contributed by atoms with Gasteiger partial charge < -0.3 is 15.4 Å². The number of para-hydroxylation sites is 1. The summed E-state index contributed by atoms with van der Waals surface area (Å²) in [5, 5.41) is 0. The molecule has 0 fully saturated rings. The molecule has 0 aromatic heterocycles. The van der Waals surface area contributed by atoms with Gasteiger partial charge in [-0.25, -0.2) is 8.42 Å². The number of hydrogen-bond acceptors (Lipinski definition) is 5. The molecule has 1 amide bonds. The number of aryl methyl sites for hydroxylation is 1. The molecule has 0 aliphatic rings. The zero-order chi connectivity index (χ0) is 17.5. The highest BCUT2D eigenvalue weighted by Gasteiger charge is 2.19. The van der Waals surface area contributed by atoms with E-state index < -0.39 is 15.9 Å². The predicted molar refractivity (Wildman–Crippen MR) is 98.5 cm³/mol. The van der Waals surface area contributed by atoms with E-state index in [0.717, 1.165) is 17.6 Å². The predicted octanol–water partition coefficient (Wildman–Crippen LogP) is 1.41. The first-order chi connectivity index (χ1) is 10.7. The quantitative estimate of drug-likeness (QED) is 0.656. The molecule has 0 saturated carbocycles. The van der Waals surface area contributed by atoms with E-state index in [-0.39, 0.29) is 30.5 Å². The maximum atomic E-state index is 12.0. The number of likely N-dealkylation sites (N-methyl/N-ethyl adjacent to an activating group) is 1. The summed E-state index contributed by atoms with van der Waals surface area (Å²) in [5.74, 6) is 0.514. The van der Waals surface area contributed by atoms with Crippen molar-refractivity contribution in [2.45, 2.75) is 25.8 Å². The topological polar surface area (TPSA) is 89.7 Å². The van der Waals surface area contributed by atoms with Crippen molar-refractivity contribution in [1.29, 1.82) is 0 Å². The molecule has 0 bridgehead atoms. The summed E-state index contributed by atoms with van der Waals surface area (Å²) < 4.78 is 27.9. The first-order valence-corrected chi connectivity index (χ1v) is 9.63. The summed E-state index contributed by atoms with van der Waals surface area (Å²) in [4.78, 5) is 13.6. The fourth-order valence-corrected chi connectivity index (χ4v) is 2.74. The van der Waals surface area contributed by atoms with Gasteiger partial charge in [0.15, 0.2) is 0 Å². The third-order valence-electron chi connectivity index (χ3n) is 3.48. The number of halogens is 1. The second-order valence-corrected chi connectivity index (χ2v) is 8.01. The molecule has 0 aliphatic carbocycles. The monoisotopic (exact) mass is 378 g/mol. The van der Waals surface area contributed by atoms with Crippen LogP contribution in [-0.2, 0) is 14.6 Å². The summed E-state index contributed by atoms with van der Waals surface area (Å²) in [6, 6.07) is 6.97. The van der Waals surface area contributed by atoms with Crippen LogP contribution in [0.1, 0.15) is 18.4 Å². The van der Waals surface area contributed by atoms with E-state index in [9.17, 15) is 13.2 Å². The van der Waals surface area contributed by atoms with Gasteiger partial charge in [0.1, 0.15) is 15.6 Å². The Hall–Kier alpha value is -1.31. The maximum Gasteiger partial charge on any atom is 0.239 e. The van der Waals surface area contributed by atoms with Crippen molar-refractivity contribution < 1.29 is 17.9 Å². The van der Waals surface area contributed by atoms with Gasteiger partial charge in [-0.2, -0.15) is 0 Å². The van der Waals surface area contributed by atoms with Crippen LogP contribution in [0.15, 0.2) is 24.3 Å². The molecule has 0 aliphatic heterocycles. The molecule has 0 spiro atoms. The van der Waals surface area contributed by atoms with Crippen LogP contribution in [0.25, 0.3) is 0 Å². The summed E-state index contributed by atoms with van der Waals surface area (Å²) in [6.07, 6.45) is 1.95. The zero-order valence-corrected chi connectivity index (χ0v) is 16.0. The minimum atomic E-state index is -3.10. The number of nitrogens with zero attached hydrogens (tertiary/aromatic N) is 1. The fraction of sp³-hybridized carbons (Fsp3) is 0.562. The maximum absolute atomic E-state index is 12.0. The van der Waals surface area contributed by atoms with Crippen molar-refractivity contribution in [2.75, 3.05) is 32.2 Å². The summed E-state index contributed by atoms with van der Waals surface area (Å²) in [7, 11) is -1.44. The second-order valence-electron chi connectivity index (χ2n) is 5.75. The lowest BCUT2D eigenvalue weighted by Crippen LogP contribution is -2.43. The number of carbonyl (C=O) groups excluding carboxylic acids is 1. The van der Waals surface area contributed by atoms with E-state index in [0.29, 0.717) is 19.6 Å². The molecule has 2 N–H and O–H groups in total. The number of ether oxygens (including phenoxy) is 1. The smallest absolute Gasteiger partial charge is 0.239 e. The number of benzene rings is 1. The van der Waals surface area contributed by atoms with E-state index in [2.05, 4.69) is 0 Å². The van der Waals surface area contributed by atoms with Crippen molar-refractivity contribution in [1.82, 2.24) is 4.90 Å². The molecule has 1 aromatic rings. The summed E-state index contributed by atoms with van der Waals surface area (Å²) >= 11 is 0. The van der Waals surface area contributed by atoms with Crippen molar-refractivity contribution in [3.63, 3.8) is 0 Å². The van der Waals surface area contributed by atoms with E-state index >= 15 is 0 Å². The minimum absolute atomic E-state index is 0. The molecule has 0 saturated heterocycles. The highest BCUT2D eigenvalue weighted by Crippen LogP contribution is 2.16. The van der Waals surface area contributed by atoms with Crippen LogP contribution in [-0.4, -0.2) is 57.5 Å². The number of carbonyl (C=O) groups is 1. The Morgan fingerprint density at radius 1 is 1.33 bits per heavy atom. The highest BCUT2D eigenvalue weighted by molar-refractivity contribution is 7.90. The Labute approximate surface area is 150 Å². The van der Waals surface area contributed by atoms with Crippen LogP contribution >= 0.6 is 12.4 Å². The first kappa shape index (κ1) is 22.7. The van der Waals surface area contributed by atoms with Crippen LogP contribution in [0.5, 0.6) is 5.75 Å². The van der Waals surface area contributed by atoms with Gasteiger partial charge in [-0.1, -0.05) is 18.2 Å². The van der Waals surface area contributed by atoms with Gasteiger partial charge in [-0.3, -0.25) is 4.79 Å². The molecular formula is C16H27ClN2O4S. The first-order valence-electron chi connectivity index (χ1n) is 7.57. The van der Waals surface area contributed by atoms with Crippen molar-refractivity contribution in [2.24, 2.45) is 5.73 Å². The lowest BCUT2D eigenvalue weighted by atomic mass is 10.2. The molecule has 8 heteroatoms. The van der Waals surface area contributed by atoms with E-state index in [1.54, 1.807) is 7.05 Å². The zero-order valence-electron chi connectivity index (χ0n) is 14.4. The Bertz CT molecular complexity index is 622. The SMILES string of the molecule is Cc1ccccc1OCCCN(C)C(=O)C(N)CCS(C)(=O)=O.Cl. The lowest BCUT2D eigenvalue weighted by Gasteiger charge is -2.21. The molecule has 0 heterocycles. The molecule has 1 atom stereocenters. The van der Waals surface area contributed by atoms with Crippen LogP contribution in [0.4, 0.5) is 0 Å². The standard InChI is InChI=1S/C16H26N2O4S.ClH/c1-13-7-4-5-8-15(13)22-11-6-10-18(2)16(19)14(17)9-12-23(3,20)21;/h4-5,7-8,14H,6,9-12,17H2,1-3H3;1H. The number of nitrogens with two attached hydrogens (primary N) is 1. The number of sulfone groups is 1. The average molecular weight is 379 g/mol. The Morgan fingerprint density at radius 3 is 2.54 bits per heavy atom. The molecule has 0 radical (unpaired) electrons. The Kier molecular flexibility index (Phi) is 9.96. The van der Waals surface area contributed by atoms with E-state index in [4.69, 9.17) is 10.5 Å². The minimum Gasteiger partial charge on any atom is -0.493 e. The van der Waals surface area contributed by atoms with Gasteiger partial charge in [0.25, 0.3) is 0 Å². The lowest BCUT2D eigenvalue weighted by molar-refractivity contribution is -0.131. The molecule has 1 rings (SSSR count). The van der Waals surface area contributed by atoms with Crippen molar-refractivity contribution in [3.8, 4) is 5.75 Å². The van der Waals surface area contributed by atoms with E-state index in [1.807, 2.05) is 31.2 Å². The number of rotatable bonds is 9. The molecule has 1 aromatic carbocycles. The molecular weight excluding hydrogens is 352 g/mol. The van der Waals surface area contributed by atoms with Crippen LogP contribution in [0.2, 0.25) is 0 Å². The van der Waals surface area contributed by atoms with Gasteiger partial charge in [0.05, 0.1) is 18.4 Å². The normalized spacial score (nSPS) is 12.2. The van der Waals surface area contributed by atoms with Crippen LogP contribution in [0.3, 0.4) is 0 Å². The molecule has 6 nitrogen and oxygen atoms in total. The van der Waals surface area contributed by atoms with Crippen LogP contribution in [0, 0.1) is 6.92 Å². The van der Waals surface area contributed by atoms with Gasteiger partial charge in [-0.15, -0.1) is 12.4 Å². The molecule has 24 heavy (non-hydrogen) atoms. The van der Waals surface area contributed by atoms with Crippen LogP contribution < -0.4 is 10.5 Å². The Morgan fingerprint density at radius 2 is 1.96 bits per heavy atom. The second kappa shape index (κ2) is 10.5. The largest absolute Gasteiger partial charge is 0.493 e. The summed E-state index contributed by atoms with van der Waals surface area (Å²) in [5.41, 5.74) is 6.82. The molecule has 1 unspecified atom stereocenters. The molecule has 138 valence electrons.